The van der Waals surface area contributed by atoms with Crippen LogP contribution in [-0.2, 0) is 12.8 Å². The molecular formula is C56H65BrF4N4S2. The van der Waals surface area contributed by atoms with Crippen molar-refractivity contribution in [3.05, 3.63) is 214 Å². The van der Waals surface area contributed by atoms with Gasteiger partial charge in [0.1, 0.15) is 23.3 Å². The second-order valence-corrected chi connectivity index (χ2v) is 20.3. The van der Waals surface area contributed by atoms with Crippen molar-refractivity contribution in [1.82, 2.24) is 15.1 Å². The van der Waals surface area contributed by atoms with Gasteiger partial charge in [-0.15, -0.1) is 23.5 Å². The van der Waals surface area contributed by atoms with Crippen molar-refractivity contribution >= 4 is 39.5 Å². The molecule has 0 amide bonds. The quantitative estimate of drug-likeness (QED) is 0.0508. The molecule has 2 saturated heterocycles. The number of nitrogens with two attached hydrogens (primary N) is 1. The lowest BCUT2D eigenvalue weighted by Crippen LogP contribution is -2.43. The molecule has 0 unspecified atom stereocenters. The van der Waals surface area contributed by atoms with Gasteiger partial charge in [-0.3, -0.25) is 0 Å². The number of nitrogens with zero attached hydrogens (tertiary/aromatic N) is 2. The first-order valence-corrected chi connectivity index (χ1v) is 26.8. The van der Waals surface area contributed by atoms with Gasteiger partial charge in [0.25, 0.3) is 0 Å². The van der Waals surface area contributed by atoms with E-state index in [2.05, 4.69) is 91.7 Å². The Morgan fingerprint density at radius 2 is 0.836 bits per heavy atom. The zero-order valence-corrected chi connectivity index (χ0v) is 41.5. The fourth-order valence-electron chi connectivity index (χ4n) is 8.32. The Bertz CT molecular complexity index is 2130. The monoisotopic (exact) mass is 1010 g/mol. The minimum absolute atomic E-state index is 0.0628. The Hall–Kier alpha value is -3.94. The van der Waals surface area contributed by atoms with Gasteiger partial charge in [-0.25, -0.2) is 17.6 Å². The number of alkyl halides is 1. The van der Waals surface area contributed by atoms with Crippen LogP contribution in [0.5, 0.6) is 0 Å². The van der Waals surface area contributed by atoms with Crippen LogP contribution in [0.2, 0.25) is 0 Å². The van der Waals surface area contributed by atoms with Gasteiger partial charge in [-0.05, 0) is 147 Å². The van der Waals surface area contributed by atoms with E-state index >= 15 is 0 Å². The first kappa shape index (κ1) is 52.4. The molecule has 0 atom stereocenters. The largest absolute Gasteiger partial charge is 0.328 e. The van der Waals surface area contributed by atoms with Crippen molar-refractivity contribution in [2.45, 2.75) is 61.1 Å². The molecular weight excluding hydrogens is 949 g/mol. The normalized spacial score (nSPS) is 14.9. The highest BCUT2D eigenvalue weighted by molar-refractivity contribution is 9.09. The molecule has 4 nitrogen and oxygen atoms in total. The van der Waals surface area contributed by atoms with Gasteiger partial charge < -0.3 is 20.9 Å². The highest BCUT2D eigenvalue weighted by Gasteiger charge is 2.20. The number of piperidine rings is 2. The maximum Gasteiger partial charge on any atom is 0.123 e. The highest BCUT2D eigenvalue weighted by atomic mass is 79.9. The minimum atomic E-state index is -0.243. The molecule has 2 fully saturated rings. The number of nitrogens with one attached hydrogen (secondary N) is 1. The summed E-state index contributed by atoms with van der Waals surface area (Å²) >= 11 is 6.97. The van der Waals surface area contributed by atoms with E-state index in [4.69, 9.17) is 5.73 Å². The maximum absolute atomic E-state index is 13.4. The van der Waals surface area contributed by atoms with Crippen LogP contribution in [0.4, 0.5) is 17.6 Å². The third-order valence-corrected chi connectivity index (χ3v) is 15.8. The zero-order valence-electron chi connectivity index (χ0n) is 38.3. The molecule has 0 spiro atoms. The average Bonchev–Trinajstić information content (AvgIpc) is 3.36. The standard InChI is InChI=1S/C28H32F2N2S.C15H13BrF2S.C13H20N2/c29-25-10-6-23(7-11-25)28(24-8-12-26(30)13-9-24)33-21-17-31-27-15-19-32(20-16-27)18-14-22-4-2-1-3-5-22;16-9-10-19-15(11-1-5-13(17)6-2-11)12-3-7-14(18)8-4-12;14-13-7-10-15(11-8-13)9-6-12-4-2-1-3-5-12/h1-13,27-28,31H,14-21H2;1-8,15H,9-10H2;1-5,13H,6-11,14H2. The summed E-state index contributed by atoms with van der Waals surface area (Å²) in [5, 5.41) is 4.77. The number of hydrogen-bond donors (Lipinski definition) is 2. The molecule has 2 aliphatic heterocycles. The zero-order chi connectivity index (χ0) is 47.1. The van der Waals surface area contributed by atoms with Crippen molar-refractivity contribution in [2.75, 3.05) is 62.6 Å². The third kappa shape index (κ3) is 18.8. The molecule has 0 aromatic heterocycles. The van der Waals surface area contributed by atoms with Gasteiger partial charge in [-0.2, -0.15) is 0 Å². The first-order chi connectivity index (χ1) is 32.7. The number of thioether (sulfide) groups is 2. The van der Waals surface area contributed by atoms with Crippen LogP contribution in [0.3, 0.4) is 0 Å². The predicted molar refractivity (Wildman–Crippen MR) is 279 cm³/mol. The molecule has 0 bridgehead atoms. The van der Waals surface area contributed by atoms with Gasteiger partial charge in [0, 0.05) is 48.6 Å². The Labute approximate surface area is 413 Å². The van der Waals surface area contributed by atoms with Crippen LogP contribution in [0.25, 0.3) is 0 Å². The van der Waals surface area contributed by atoms with Crippen LogP contribution in [-0.4, -0.2) is 84.5 Å². The fraction of sp³-hybridized carbons (Fsp3) is 0.357. The molecule has 2 aliphatic rings. The topological polar surface area (TPSA) is 44.5 Å². The molecule has 8 rings (SSSR count). The molecule has 0 aliphatic carbocycles. The smallest absolute Gasteiger partial charge is 0.123 e. The van der Waals surface area contributed by atoms with Crippen LogP contribution in [0.15, 0.2) is 158 Å². The van der Waals surface area contributed by atoms with Crippen molar-refractivity contribution in [1.29, 1.82) is 0 Å². The van der Waals surface area contributed by atoms with E-state index in [9.17, 15) is 17.6 Å². The van der Waals surface area contributed by atoms with Gasteiger partial charge >= 0.3 is 0 Å². The summed E-state index contributed by atoms with van der Waals surface area (Å²) in [7, 11) is 0. The van der Waals surface area contributed by atoms with E-state index in [1.165, 1.54) is 92.1 Å². The van der Waals surface area contributed by atoms with E-state index in [-0.39, 0.29) is 33.8 Å². The maximum atomic E-state index is 13.4. The van der Waals surface area contributed by atoms with Gasteiger partial charge in [0.15, 0.2) is 0 Å². The lowest BCUT2D eigenvalue weighted by atomic mass is 10.0. The van der Waals surface area contributed by atoms with Crippen LogP contribution >= 0.6 is 39.5 Å². The summed E-state index contributed by atoms with van der Waals surface area (Å²) in [6.07, 6.45) is 6.96. The summed E-state index contributed by atoms with van der Waals surface area (Å²) in [6, 6.07) is 48.7. The summed E-state index contributed by atoms with van der Waals surface area (Å²) in [5.74, 6) is 0.906. The molecule has 0 saturated carbocycles. The lowest BCUT2D eigenvalue weighted by molar-refractivity contribution is 0.201. The molecule has 356 valence electrons. The van der Waals surface area contributed by atoms with Crippen molar-refractivity contribution < 1.29 is 17.6 Å². The van der Waals surface area contributed by atoms with Gasteiger partial charge in [0.05, 0.1) is 10.5 Å². The Morgan fingerprint density at radius 3 is 1.19 bits per heavy atom. The van der Waals surface area contributed by atoms with Crippen molar-refractivity contribution in [3.8, 4) is 0 Å². The third-order valence-electron chi connectivity index (χ3n) is 12.2. The number of likely N-dealkylation sites (tertiary alicyclic amines) is 2. The average molecular weight is 1010 g/mol. The van der Waals surface area contributed by atoms with E-state index in [0.29, 0.717) is 12.1 Å². The number of rotatable bonds is 18. The lowest BCUT2D eigenvalue weighted by Gasteiger charge is -2.32. The molecule has 2 heterocycles. The van der Waals surface area contributed by atoms with E-state index in [0.717, 1.165) is 91.0 Å². The van der Waals surface area contributed by atoms with Gasteiger partial charge in [0.2, 0.25) is 0 Å². The summed E-state index contributed by atoms with van der Waals surface area (Å²) in [4.78, 5) is 5.09. The summed E-state index contributed by atoms with van der Waals surface area (Å²) in [5.41, 5.74) is 12.9. The minimum Gasteiger partial charge on any atom is -0.328 e. The molecule has 67 heavy (non-hydrogen) atoms. The van der Waals surface area contributed by atoms with E-state index < -0.39 is 0 Å². The Kier molecular flexibility index (Phi) is 22.8. The highest BCUT2D eigenvalue weighted by Crippen LogP contribution is 2.37. The predicted octanol–water partition coefficient (Wildman–Crippen LogP) is 12.9. The fourth-order valence-corrected chi connectivity index (χ4v) is 11.1. The van der Waals surface area contributed by atoms with E-state index in [1.807, 2.05) is 36.0 Å². The first-order valence-electron chi connectivity index (χ1n) is 23.5. The van der Waals surface area contributed by atoms with Crippen LogP contribution in [0, 0.1) is 23.3 Å². The Balaban J connectivity index is 0.000000183. The summed E-state index contributed by atoms with van der Waals surface area (Å²) < 4.78 is 52.8. The Morgan fingerprint density at radius 1 is 0.493 bits per heavy atom. The van der Waals surface area contributed by atoms with E-state index in [1.54, 1.807) is 36.0 Å². The number of hydrogen-bond acceptors (Lipinski definition) is 6. The molecule has 6 aromatic carbocycles. The van der Waals surface area contributed by atoms with Gasteiger partial charge in [-0.1, -0.05) is 125 Å². The van der Waals surface area contributed by atoms with Crippen LogP contribution in [0.1, 0.15) is 69.6 Å². The molecule has 11 heteroatoms. The number of halogens is 5. The van der Waals surface area contributed by atoms with Crippen molar-refractivity contribution in [2.24, 2.45) is 5.73 Å². The molecule has 0 radical (unpaired) electrons. The SMILES string of the molecule is Fc1ccc(C(SCCBr)c2ccc(F)cc2)cc1.Fc1ccc(C(SCCNC2CCN(CCc3ccccc3)CC2)c2ccc(F)cc2)cc1.NC1CCN(CCc2ccccc2)CC1. The van der Waals surface area contributed by atoms with Crippen molar-refractivity contribution in [3.63, 3.8) is 0 Å². The summed E-state index contributed by atoms with van der Waals surface area (Å²) in [6.45, 7) is 7.87. The molecule has 3 N–H and O–H groups in total. The van der Waals surface area contributed by atoms with Crippen LogP contribution < -0.4 is 11.1 Å². The number of benzene rings is 6. The second kappa shape index (κ2) is 29.2. The second-order valence-electron chi connectivity index (χ2n) is 17.1. The molecule has 6 aromatic rings.